The van der Waals surface area contributed by atoms with Gasteiger partial charge in [0.1, 0.15) is 5.82 Å². The molecule has 0 amide bonds. The predicted octanol–water partition coefficient (Wildman–Crippen LogP) is 7.62. The lowest BCUT2D eigenvalue weighted by Gasteiger charge is -2.09. The topological polar surface area (TPSA) is 43.1 Å². The first-order chi connectivity index (χ1) is 16.0. The number of aliphatic imine (C=N–C) groups is 1. The van der Waals surface area contributed by atoms with Crippen molar-refractivity contribution in [3.05, 3.63) is 106 Å². The number of hydrogen-bond acceptors (Lipinski definition) is 4. The number of rotatable bonds is 8. The van der Waals surface area contributed by atoms with E-state index in [1.54, 1.807) is 36.2 Å². The Balaban J connectivity index is 1.51. The van der Waals surface area contributed by atoms with E-state index < -0.39 is 0 Å². The largest absolute Gasteiger partial charge is 0.298 e. The van der Waals surface area contributed by atoms with Crippen LogP contribution in [0.2, 0.25) is 10.0 Å². The SMILES string of the molecule is C=CCn1c(SCc2ccc(Cl)cc2Cl)nnc1-c1ccc(N=Cc2ccc(F)cc2)cc1. The van der Waals surface area contributed by atoms with Gasteiger partial charge in [-0.05, 0) is 59.7 Å². The Labute approximate surface area is 205 Å². The number of hydrogen-bond donors (Lipinski definition) is 0. The molecule has 0 saturated carbocycles. The Bertz CT molecular complexity index is 1290. The summed E-state index contributed by atoms with van der Waals surface area (Å²) in [6.07, 6.45) is 3.51. The van der Waals surface area contributed by atoms with E-state index in [1.165, 1.54) is 12.1 Å². The molecule has 0 N–H and O–H groups in total. The van der Waals surface area contributed by atoms with E-state index in [-0.39, 0.29) is 5.82 Å². The highest BCUT2D eigenvalue weighted by Gasteiger charge is 2.14. The molecule has 166 valence electrons. The number of aromatic nitrogens is 3. The quantitative estimate of drug-likeness (QED) is 0.143. The molecule has 0 fully saturated rings. The van der Waals surface area contributed by atoms with E-state index >= 15 is 0 Å². The summed E-state index contributed by atoms with van der Waals surface area (Å²) in [7, 11) is 0. The van der Waals surface area contributed by atoms with Crippen LogP contribution in [0.3, 0.4) is 0 Å². The van der Waals surface area contributed by atoms with Crippen molar-refractivity contribution in [2.75, 3.05) is 0 Å². The average molecular weight is 497 g/mol. The van der Waals surface area contributed by atoms with Crippen LogP contribution in [-0.2, 0) is 12.3 Å². The van der Waals surface area contributed by atoms with Crippen LogP contribution in [0.1, 0.15) is 11.1 Å². The zero-order valence-electron chi connectivity index (χ0n) is 17.5. The van der Waals surface area contributed by atoms with Gasteiger partial charge in [0, 0.05) is 34.1 Å². The highest BCUT2D eigenvalue weighted by Crippen LogP contribution is 2.30. The van der Waals surface area contributed by atoms with Gasteiger partial charge in [-0.3, -0.25) is 9.56 Å². The molecule has 0 unspecified atom stereocenters. The van der Waals surface area contributed by atoms with E-state index in [2.05, 4.69) is 21.8 Å². The second kappa shape index (κ2) is 10.8. The van der Waals surface area contributed by atoms with E-state index in [9.17, 15) is 4.39 Å². The minimum atomic E-state index is -0.270. The average Bonchev–Trinajstić information content (AvgIpc) is 3.21. The van der Waals surface area contributed by atoms with Crippen LogP contribution >= 0.6 is 35.0 Å². The van der Waals surface area contributed by atoms with E-state index in [1.807, 2.05) is 47.0 Å². The van der Waals surface area contributed by atoms with Gasteiger partial charge in [-0.1, -0.05) is 59.2 Å². The lowest BCUT2D eigenvalue weighted by Crippen LogP contribution is -2.00. The fourth-order valence-electron chi connectivity index (χ4n) is 3.08. The second-order valence-electron chi connectivity index (χ2n) is 7.09. The summed E-state index contributed by atoms with van der Waals surface area (Å²) >= 11 is 13.8. The number of allylic oxidation sites excluding steroid dienone is 1. The fourth-order valence-corrected chi connectivity index (χ4v) is 4.58. The van der Waals surface area contributed by atoms with E-state index in [4.69, 9.17) is 23.2 Å². The molecule has 0 aliphatic rings. The molecule has 4 nitrogen and oxygen atoms in total. The van der Waals surface area contributed by atoms with Gasteiger partial charge >= 0.3 is 0 Å². The standard InChI is InChI=1S/C25H19Cl2FN4S/c1-2-13-32-24(30-31-25(32)33-16-19-5-8-20(26)14-23(19)27)18-6-11-22(12-7-18)29-15-17-3-9-21(28)10-4-17/h2-12,14-15H,1,13,16H2. The Hall–Kier alpha value is -2.93. The molecule has 0 aliphatic carbocycles. The predicted molar refractivity (Wildman–Crippen MR) is 135 cm³/mol. The molecule has 33 heavy (non-hydrogen) atoms. The second-order valence-corrected chi connectivity index (χ2v) is 8.87. The normalized spacial score (nSPS) is 11.2. The van der Waals surface area contributed by atoms with Crippen LogP contribution in [-0.4, -0.2) is 21.0 Å². The molecule has 1 aromatic heterocycles. The van der Waals surface area contributed by atoms with Crippen molar-refractivity contribution in [1.29, 1.82) is 0 Å². The molecule has 0 atom stereocenters. The summed E-state index contributed by atoms with van der Waals surface area (Å²) in [5, 5.41) is 10.8. The highest BCUT2D eigenvalue weighted by atomic mass is 35.5. The highest BCUT2D eigenvalue weighted by molar-refractivity contribution is 7.98. The molecule has 0 spiro atoms. The van der Waals surface area contributed by atoms with Crippen LogP contribution in [0.5, 0.6) is 0 Å². The fraction of sp³-hybridized carbons (Fsp3) is 0.0800. The number of halogens is 3. The van der Waals surface area contributed by atoms with Crippen LogP contribution in [0, 0.1) is 5.82 Å². The maximum atomic E-state index is 13.0. The molecule has 4 aromatic rings. The Morgan fingerprint density at radius 2 is 1.76 bits per heavy atom. The molecule has 0 bridgehead atoms. The molecule has 4 rings (SSSR count). The monoisotopic (exact) mass is 496 g/mol. The van der Waals surface area contributed by atoms with Crippen molar-refractivity contribution in [2.45, 2.75) is 17.5 Å². The number of thioether (sulfide) groups is 1. The molecule has 0 radical (unpaired) electrons. The van der Waals surface area contributed by atoms with Gasteiger partial charge in [0.05, 0.1) is 5.69 Å². The third-order valence-corrected chi connectivity index (χ3v) is 6.36. The minimum Gasteiger partial charge on any atom is -0.298 e. The molecule has 1 heterocycles. The zero-order chi connectivity index (χ0) is 23.2. The molecule has 0 aliphatic heterocycles. The first kappa shape index (κ1) is 23.2. The first-order valence-corrected chi connectivity index (χ1v) is 11.8. The van der Waals surface area contributed by atoms with Gasteiger partial charge in [0.25, 0.3) is 0 Å². The minimum absolute atomic E-state index is 0.270. The Morgan fingerprint density at radius 3 is 2.45 bits per heavy atom. The van der Waals surface area contributed by atoms with Crippen molar-refractivity contribution < 1.29 is 4.39 Å². The van der Waals surface area contributed by atoms with Gasteiger partial charge in [0.2, 0.25) is 0 Å². The van der Waals surface area contributed by atoms with Crippen molar-refractivity contribution in [2.24, 2.45) is 4.99 Å². The van der Waals surface area contributed by atoms with Crippen molar-refractivity contribution in [3.8, 4) is 11.4 Å². The van der Waals surface area contributed by atoms with E-state index in [0.29, 0.717) is 22.3 Å². The molecular weight excluding hydrogens is 478 g/mol. The summed E-state index contributed by atoms with van der Waals surface area (Å²) in [6.45, 7) is 4.44. The van der Waals surface area contributed by atoms with Crippen molar-refractivity contribution >= 4 is 46.9 Å². The Kier molecular flexibility index (Phi) is 7.60. The van der Waals surface area contributed by atoms with E-state index in [0.717, 1.165) is 33.4 Å². The summed E-state index contributed by atoms with van der Waals surface area (Å²) in [5.74, 6) is 1.12. The van der Waals surface area contributed by atoms with Crippen molar-refractivity contribution in [1.82, 2.24) is 14.8 Å². The van der Waals surface area contributed by atoms with Crippen molar-refractivity contribution in [3.63, 3.8) is 0 Å². The lowest BCUT2D eigenvalue weighted by molar-refractivity contribution is 0.628. The third kappa shape index (κ3) is 5.90. The summed E-state index contributed by atoms with van der Waals surface area (Å²) < 4.78 is 15.0. The van der Waals surface area contributed by atoms with Gasteiger partial charge in [-0.2, -0.15) is 0 Å². The summed E-state index contributed by atoms with van der Waals surface area (Å²) in [6, 6.07) is 19.4. The van der Waals surface area contributed by atoms with Crippen LogP contribution < -0.4 is 0 Å². The Morgan fingerprint density at radius 1 is 1.00 bits per heavy atom. The molecule has 3 aromatic carbocycles. The van der Waals surface area contributed by atoms with Gasteiger partial charge in [-0.15, -0.1) is 16.8 Å². The molecular formula is C25H19Cl2FN4S. The maximum Gasteiger partial charge on any atom is 0.192 e. The van der Waals surface area contributed by atoms with Gasteiger partial charge in [-0.25, -0.2) is 4.39 Å². The third-order valence-electron chi connectivity index (χ3n) is 4.76. The molecule has 8 heteroatoms. The molecule has 0 saturated heterocycles. The summed E-state index contributed by atoms with van der Waals surface area (Å²) in [4.78, 5) is 4.45. The van der Waals surface area contributed by atoms with Gasteiger partial charge in [0.15, 0.2) is 11.0 Å². The maximum absolute atomic E-state index is 13.0. The zero-order valence-corrected chi connectivity index (χ0v) is 19.8. The van der Waals surface area contributed by atoms with Crippen LogP contribution in [0.25, 0.3) is 11.4 Å². The lowest BCUT2D eigenvalue weighted by atomic mass is 10.2. The smallest absolute Gasteiger partial charge is 0.192 e. The number of nitrogens with zero attached hydrogens (tertiary/aromatic N) is 4. The first-order valence-electron chi connectivity index (χ1n) is 10.0. The van der Waals surface area contributed by atoms with Crippen LogP contribution in [0.4, 0.5) is 10.1 Å². The number of benzene rings is 3. The van der Waals surface area contributed by atoms with Crippen LogP contribution in [0.15, 0.2) is 89.5 Å². The summed E-state index contributed by atoms with van der Waals surface area (Å²) in [5.41, 5.74) is 3.50. The van der Waals surface area contributed by atoms with Gasteiger partial charge < -0.3 is 0 Å².